The van der Waals surface area contributed by atoms with Crippen LogP contribution in [0.4, 0.5) is 0 Å². The summed E-state index contributed by atoms with van der Waals surface area (Å²) in [6.45, 7) is 1.02. The molecule has 0 unspecified atom stereocenters. The summed E-state index contributed by atoms with van der Waals surface area (Å²) < 4.78 is 32.8. The van der Waals surface area contributed by atoms with Crippen LogP contribution in [0.2, 0.25) is 0 Å². The van der Waals surface area contributed by atoms with Crippen LogP contribution in [-0.4, -0.2) is 45.5 Å². The van der Waals surface area contributed by atoms with E-state index in [1.807, 2.05) is 29.2 Å². The van der Waals surface area contributed by atoms with Gasteiger partial charge in [0, 0.05) is 36.3 Å². The van der Waals surface area contributed by atoms with E-state index >= 15 is 0 Å². The number of ether oxygens (including phenoxy) is 1. The van der Waals surface area contributed by atoms with Crippen molar-refractivity contribution in [3.63, 3.8) is 0 Å². The summed E-state index contributed by atoms with van der Waals surface area (Å²) >= 11 is 3.46. The molecule has 0 aliphatic heterocycles. The highest BCUT2D eigenvalue weighted by Crippen LogP contribution is 2.30. The summed E-state index contributed by atoms with van der Waals surface area (Å²) in [6, 6.07) is 14.2. The van der Waals surface area contributed by atoms with Crippen LogP contribution >= 0.6 is 15.9 Å². The first kappa shape index (κ1) is 21.0. The predicted molar refractivity (Wildman–Crippen MR) is 111 cm³/mol. The highest BCUT2D eigenvalue weighted by atomic mass is 79.9. The second-order valence-electron chi connectivity index (χ2n) is 6.71. The summed E-state index contributed by atoms with van der Waals surface area (Å²) in [7, 11) is -2.10. The fourth-order valence-corrected chi connectivity index (χ4v) is 4.35. The third kappa shape index (κ3) is 5.41. The molecule has 2 aromatic carbocycles. The van der Waals surface area contributed by atoms with Gasteiger partial charge in [0.1, 0.15) is 0 Å². The van der Waals surface area contributed by atoms with E-state index in [0.29, 0.717) is 18.7 Å². The Balaban J connectivity index is 1.73. The number of methoxy groups -OCH3 is 1. The Bertz CT molecular complexity index is 927. The number of hydrogen-bond donors (Lipinski definition) is 1. The molecule has 0 heterocycles. The maximum absolute atomic E-state index is 13.0. The molecule has 0 bridgehead atoms. The molecular weight excluding hydrogens is 444 g/mol. The maximum Gasteiger partial charge on any atom is 0.254 e. The molecule has 1 aliphatic carbocycles. The number of amides is 1. The minimum atomic E-state index is -3.61. The van der Waals surface area contributed by atoms with Gasteiger partial charge < -0.3 is 9.64 Å². The average Bonchev–Trinajstić information content (AvgIpc) is 3.51. The molecule has 0 radical (unpaired) electrons. The molecule has 3 rings (SSSR count). The molecule has 0 aromatic heterocycles. The Hall–Kier alpha value is -1.74. The van der Waals surface area contributed by atoms with Crippen molar-refractivity contribution in [3.8, 4) is 0 Å². The van der Waals surface area contributed by atoms with Crippen molar-refractivity contribution < 1.29 is 17.9 Å². The first-order valence-corrected chi connectivity index (χ1v) is 11.3. The number of carbonyl (C=O) groups excluding carboxylic acids is 1. The third-order valence-corrected chi connectivity index (χ3v) is 6.47. The topological polar surface area (TPSA) is 75.7 Å². The number of nitrogens with one attached hydrogen (secondary N) is 1. The fraction of sp³-hybridized carbons (Fsp3) is 0.350. The normalized spacial score (nSPS) is 14.1. The van der Waals surface area contributed by atoms with Gasteiger partial charge in [0.15, 0.2) is 0 Å². The molecule has 0 saturated heterocycles. The smallest absolute Gasteiger partial charge is 0.254 e. The van der Waals surface area contributed by atoms with E-state index in [9.17, 15) is 13.2 Å². The monoisotopic (exact) mass is 466 g/mol. The van der Waals surface area contributed by atoms with E-state index in [0.717, 1.165) is 22.9 Å². The first-order chi connectivity index (χ1) is 13.4. The predicted octanol–water partition coefficient (Wildman–Crippen LogP) is 3.18. The van der Waals surface area contributed by atoms with Crippen molar-refractivity contribution in [2.24, 2.45) is 0 Å². The van der Waals surface area contributed by atoms with Crippen LogP contribution < -0.4 is 4.72 Å². The van der Waals surface area contributed by atoms with Crippen molar-refractivity contribution in [3.05, 3.63) is 64.1 Å². The Morgan fingerprint density at radius 1 is 1.21 bits per heavy atom. The maximum atomic E-state index is 13.0. The van der Waals surface area contributed by atoms with E-state index in [4.69, 9.17) is 4.74 Å². The largest absolute Gasteiger partial charge is 0.383 e. The molecule has 150 valence electrons. The minimum Gasteiger partial charge on any atom is -0.383 e. The Kier molecular flexibility index (Phi) is 6.87. The molecule has 28 heavy (non-hydrogen) atoms. The lowest BCUT2D eigenvalue weighted by Crippen LogP contribution is -2.32. The molecule has 0 spiro atoms. The van der Waals surface area contributed by atoms with Gasteiger partial charge in [0.25, 0.3) is 5.91 Å². The second kappa shape index (κ2) is 9.17. The standard InChI is InChI=1S/C20H23BrN2O4S/c1-27-12-11-22-28(25,26)19-9-5-16(6-10-19)20(24)23(18-7-8-18)14-15-3-2-4-17(21)13-15/h2-6,9-10,13,18,22H,7-8,11-12,14H2,1H3. The molecular formula is C20H23BrN2O4S. The number of halogens is 1. The summed E-state index contributed by atoms with van der Waals surface area (Å²) in [6.07, 6.45) is 1.99. The van der Waals surface area contributed by atoms with Crippen LogP contribution in [0.25, 0.3) is 0 Å². The minimum absolute atomic E-state index is 0.0845. The lowest BCUT2D eigenvalue weighted by atomic mass is 10.1. The molecule has 6 nitrogen and oxygen atoms in total. The van der Waals surface area contributed by atoms with Crippen LogP contribution in [0.1, 0.15) is 28.8 Å². The number of rotatable bonds is 9. The molecule has 1 N–H and O–H groups in total. The van der Waals surface area contributed by atoms with Gasteiger partial charge >= 0.3 is 0 Å². The molecule has 8 heteroatoms. The molecule has 1 amide bonds. The average molecular weight is 467 g/mol. The second-order valence-corrected chi connectivity index (χ2v) is 9.39. The van der Waals surface area contributed by atoms with Gasteiger partial charge in [0.2, 0.25) is 10.0 Å². The summed E-state index contributed by atoms with van der Waals surface area (Å²) in [5.74, 6) is -0.0845. The fourth-order valence-electron chi connectivity index (χ4n) is 2.89. The Morgan fingerprint density at radius 2 is 1.93 bits per heavy atom. The Morgan fingerprint density at radius 3 is 2.54 bits per heavy atom. The molecule has 1 aliphatic rings. The van der Waals surface area contributed by atoms with Crippen LogP contribution in [0.3, 0.4) is 0 Å². The molecule has 0 atom stereocenters. The van der Waals surface area contributed by atoms with Crippen LogP contribution in [0, 0.1) is 0 Å². The zero-order valence-corrected chi connectivity index (χ0v) is 18.0. The number of sulfonamides is 1. The SMILES string of the molecule is COCCNS(=O)(=O)c1ccc(C(=O)N(Cc2cccc(Br)c2)C2CC2)cc1. The van der Waals surface area contributed by atoms with Gasteiger partial charge in [-0.15, -0.1) is 0 Å². The van der Waals surface area contributed by atoms with Crippen molar-refractivity contribution in [1.29, 1.82) is 0 Å². The number of carbonyl (C=O) groups is 1. The highest BCUT2D eigenvalue weighted by Gasteiger charge is 2.33. The van der Waals surface area contributed by atoms with E-state index in [1.165, 1.54) is 19.2 Å². The van der Waals surface area contributed by atoms with Gasteiger partial charge in [-0.3, -0.25) is 4.79 Å². The lowest BCUT2D eigenvalue weighted by molar-refractivity contribution is 0.0730. The van der Waals surface area contributed by atoms with E-state index < -0.39 is 10.0 Å². The Labute approximate surface area is 174 Å². The zero-order chi connectivity index (χ0) is 20.1. The van der Waals surface area contributed by atoms with Crippen LogP contribution in [0.15, 0.2) is 57.9 Å². The quantitative estimate of drug-likeness (QED) is 0.575. The van der Waals surface area contributed by atoms with Crippen molar-refractivity contribution >= 4 is 31.9 Å². The third-order valence-electron chi connectivity index (χ3n) is 4.50. The van der Waals surface area contributed by atoms with Gasteiger partial charge in [-0.25, -0.2) is 13.1 Å². The number of hydrogen-bond acceptors (Lipinski definition) is 4. The van der Waals surface area contributed by atoms with Crippen LogP contribution in [0.5, 0.6) is 0 Å². The lowest BCUT2D eigenvalue weighted by Gasteiger charge is -2.23. The molecule has 1 fully saturated rings. The van der Waals surface area contributed by atoms with Crippen molar-refractivity contribution in [2.45, 2.75) is 30.3 Å². The van der Waals surface area contributed by atoms with Gasteiger partial charge in [0.05, 0.1) is 11.5 Å². The summed E-state index contributed by atoms with van der Waals surface area (Å²) in [5.41, 5.74) is 1.54. The number of nitrogens with zero attached hydrogens (tertiary/aromatic N) is 1. The van der Waals surface area contributed by atoms with Crippen molar-refractivity contribution in [1.82, 2.24) is 9.62 Å². The van der Waals surface area contributed by atoms with E-state index in [2.05, 4.69) is 20.7 Å². The van der Waals surface area contributed by atoms with Gasteiger partial charge in [-0.05, 0) is 54.8 Å². The van der Waals surface area contributed by atoms with E-state index in [1.54, 1.807) is 12.1 Å². The van der Waals surface area contributed by atoms with E-state index in [-0.39, 0.29) is 23.4 Å². The van der Waals surface area contributed by atoms with Crippen LogP contribution in [-0.2, 0) is 21.3 Å². The zero-order valence-electron chi connectivity index (χ0n) is 15.6. The molecule has 1 saturated carbocycles. The van der Waals surface area contributed by atoms with Crippen molar-refractivity contribution in [2.75, 3.05) is 20.3 Å². The highest BCUT2D eigenvalue weighted by molar-refractivity contribution is 9.10. The number of benzene rings is 2. The van der Waals surface area contributed by atoms with Gasteiger partial charge in [-0.1, -0.05) is 28.1 Å². The summed E-state index contributed by atoms with van der Waals surface area (Å²) in [5, 5.41) is 0. The van der Waals surface area contributed by atoms with Gasteiger partial charge in [-0.2, -0.15) is 0 Å². The summed E-state index contributed by atoms with van der Waals surface area (Å²) in [4.78, 5) is 15.0. The first-order valence-electron chi connectivity index (χ1n) is 9.05. The molecule has 2 aromatic rings.